The number of esters is 1. The molecule has 2 aromatic carbocycles. The Labute approximate surface area is 150 Å². The molecular formula is C22H27NO2. The summed E-state index contributed by atoms with van der Waals surface area (Å²) in [4.78, 5) is 13.9. The third kappa shape index (κ3) is 6.20. The Morgan fingerprint density at radius 2 is 1.44 bits per heavy atom. The molecule has 2 rings (SSSR count). The van der Waals surface area contributed by atoms with Crippen LogP contribution in [-0.2, 0) is 22.6 Å². The molecule has 1 unspecified atom stereocenters. The van der Waals surface area contributed by atoms with Crippen LogP contribution in [0.5, 0.6) is 0 Å². The summed E-state index contributed by atoms with van der Waals surface area (Å²) >= 11 is 0. The van der Waals surface area contributed by atoms with Gasteiger partial charge in [-0.05, 0) is 17.0 Å². The van der Waals surface area contributed by atoms with Crippen LogP contribution in [0, 0.1) is 5.92 Å². The first-order chi connectivity index (χ1) is 12.1. The van der Waals surface area contributed by atoms with Crippen molar-refractivity contribution < 1.29 is 9.53 Å². The van der Waals surface area contributed by atoms with Crippen LogP contribution in [0.3, 0.4) is 0 Å². The fourth-order valence-electron chi connectivity index (χ4n) is 2.91. The summed E-state index contributed by atoms with van der Waals surface area (Å²) in [6.07, 6.45) is 3.50. The van der Waals surface area contributed by atoms with Gasteiger partial charge in [-0.15, -0.1) is 0 Å². The van der Waals surface area contributed by atoms with Crippen molar-refractivity contribution in [1.82, 2.24) is 4.90 Å². The van der Waals surface area contributed by atoms with Crippen molar-refractivity contribution in [3.63, 3.8) is 0 Å². The Bertz CT molecular complexity index is 623. The van der Waals surface area contributed by atoms with Crippen molar-refractivity contribution >= 4 is 5.97 Å². The predicted octanol–water partition coefficient (Wildman–Crippen LogP) is 4.44. The van der Waals surface area contributed by atoms with Crippen molar-refractivity contribution in [2.24, 2.45) is 5.92 Å². The molecule has 0 heterocycles. The van der Waals surface area contributed by atoms with E-state index in [1.165, 1.54) is 24.3 Å². The third-order valence-electron chi connectivity index (χ3n) is 4.19. The molecule has 0 N–H and O–H groups in total. The molecule has 0 aliphatic heterocycles. The fourth-order valence-corrected chi connectivity index (χ4v) is 2.91. The summed E-state index contributed by atoms with van der Waals surface area (Å²) in [6, 6.07) is 21.0. The molecule has 0 aliphatic rings. The standard InChI is InChI=1S/C22H27NO2/c1-18(2)21(14-15-22(24)25-3)23(16-19-10-6-4-7-11-19)17-20-12-8-5-9-13-20/h4-15,18,21H,16-17H2,1-3H3/b15-14+. The molecule has 0 saturated heterocycles. The molecule has 0 aromatic heterocycles. The lowest BCUT2D eigenvalue weighted by Gasteiger charge is -2.32. The van der Waals surface area contributed by atoms with Crippen molar-refractivity contribution in [3.8, 4) is 0 Å². The fraction of sp³-hybridized carbons (Fsp3) is 0.318. The maximum atomic E-state index is 11.6. The normalized spacial score (nSPS) is 12.7. The first kappa shape index (κ1) is 18.9. The van der Waals surface area contributed by atoms with Gasteiger partial charge in [0, 0.05) is 25.2 Å². The van der Waals surface area contributed by atoms with E-state index in [0.29, 0.717) is 5.92 Å². The van der Waals surface area contributed by atoms with Crippen molar-refractivity contribution in [1.29, 1.82) is 0 Å². The topological polar surface area (TPSA) is 29.5 Å². The average Bonchev–Trinajstić information content (AvgIpc) is 2.63. The van der Waals surface area contributed by atoms with Crippen LogP contribution in [0.4, 0.5) is 0 Å². The summed E-state index contributed by atoms with van der Waals surface area (Å²) in [5, 5.41) is 0. The lowest BCUT2D eigenvalue weighted by Crippen LogP contribution is -2.37. The highest BCUT2D eigenvalue weighted by atomic mass is 16.5. The van der Waals surface area contributed by atoms with Crippen LogP contribution < -0.4 is 0 Å². The van der Waals surface area contributed by atoms with Gasteiger partial charge < -0.3 is 4.74 Å². The maximum Gasteiger partial charge on any atom is 0.330 e. The van der Waals surface area contributed by atoms with E-state index >= 15 is 0 Å². The molecular weight excluding hydrogens is 310 g/mol. The summed E-state index contributed by atoms with van der Waals surface area (Å²) in [7, 11) is 1.41. The molecule has 1 atom stereocenters. The number of benzene rings is 2. The molecule has 2 aromatic rings. The van der Waals surface area contributed by atoms with Crippen molar-refractivity contribution in [2.45, 2.75) is 33.0 Å². The lowest BCUT2D eigenvalue weighted by atomic mass is 10.00. The number of nitrogens with zero attached hydrogens (tertiary/aromatic N) is 1. The van der Waals surface area contributed by atoms with Gasteiger partial charge in [-0.1, -0.05) is 80.6 Å². The van der Waals surface area contributed by atoms with Gasteiger partial charge in [0.2, 0.25) is 0 Å². The monoisotopic (exact) mass is 337 g/mol. The highest BCUT2D eigenvalue weighted by molar-refractivity contribution is 5.81. The van der Waals surface area contributed by atoms with Crippen LogP contribution >= 0.6 is 0 Å². The van der Waals surface area contributed by atoms with E-state index in [2.05, 4.69) is 67.3 Å². The Balaban J connectivity index is 2.26. The largest absolute Gasteiger partial charge is 0.466 e. The predicted molar refractivity (Wildman–Crippen MR) is 102 cm³/mol. The summed E-state index contributed by atoms with van der Waals surface area (Å²) in [6.45, 7) is 6.00. The minimum Gasteiger partial charge on any atom is -0.466 e. The van der Waals surface area contributed by atoms with E-state index < -0.39 is 0 Å². The zero-order chi connectivity index (χ0) is 18.1. The van der Waals surface area contributed by atoms with Crippen molar-refractivity contribution in [2.75, 3.05) is 7.11 Å². The second-order valence-corrected chi connectivity index (χ2v) is 6.49. The number of methoxy groups -OCH3 is 1. The number of rotatable bonds is 8. The minimum absolute atomic E-state index is 0.138. The van der Waals surface area contributed by atoms with E-state index in [9.17, 15) is 4.79 Å². The Morgan fingerprint density at radius 3 is 1.84 bits per heavy atom. The van der Waals surface area contributed by atoms with Gasteiger partial charge in [0.05, 0.1) is 7.11 Å². The number of carbonyl (C=O) groups excluding carboxylic acids is 1. The van der Waals surface area contributed by atoms with Gasteiger partial charge >= 0.3 is 5.97 Å². The van der Waals surface area contributed by atoms with Gasteiger partial charge in [0.15, 0.2) is 0 Å². The van der Waals surface area contributed by atoms with Crippen LogP contribution in [0.2, 0.25) is 0 Å². The second-order valence-electron chi connectivity index (χ2n) is 6.49. The smallest absolute Gasteiger partial charge is 0.330 e. The number of ether oxygens (including phenoxy) is 1. The van der Waals surface area contributed by atoms with E-state index in [1.807, 2.05) is 18.2 Å². The number of hydrogen-bond donors (Lipinski definition) is 0. The SMILES string of the molecule is COC(=O)/C=C/C(C(C)C)N(Cc1ccccc1)Cc1ccccc1. The van der Waals surface area contributed by atoms with Crippen LogP contribution in [-0.4, -0.2) is 24.0 Å². The van der Waals surface area contributed by atoms with Gasteiger partial charge in [0.25, 0.3) is 0 Å². The first-order valence-corrected chi connectivity index (χ1v) is 8.68. The zero-order valence-corrected chi connectivity index (χ0v) is 15.3. The van der Waals surface area contributed by atoms with E-state index in [0.717, 1.165) is 13.1 Å². The molecule has 0 fully saturated rings. The van der Waals surface area contributed by atoms with Gasteiger partial charge in [0.1, 0.15) is 0 Å². The Hall–Kier alpha value is -2.39. The van der Waals surface area contributed by atoms with Gasteiger partial charge in [-0.2, -0.15) is 0 Å². The molecule has 0 amide bonds. The van der Waals surface area contributed by atoms with Crippen molar-refractivity contribution in [3.05, 3.63) is 83.9 Å². The van der Waals surface area contributed by atoms with E-state index in [-0.39, 0.29) is 12.0 Å². The van der Waals surface area contributed by atoms with Crippen LogP contribution in [0.1, 0.15) is 25.0 Å². The zero-order valence-electron chi connectivity index (χ0n) is 15.3. The van der Waals surface area contributed by atoms with Gasteiger partial charge in [-0.3, -0.25) is 4.90 Å². The summed E-state index contributed by atoms with van der Waals surface area (Å²) in [5.41, 5.74) is 2.52. The van der Waals surface area contributed by atoms with E-state index in [4.69, 9.17) is 4.74 Å². The molecule has 0 aliphatic carbocycles. The summed E-state index contributed by atoms with van der Waals surface area (Å²) < 4.78 is 4.75. The minimum atomic E-state index is -0.315. The molecule has 25 heavy (non-hydrogen) atoms. The molecule has 132 valence electrons. The van der Waals surface area contributed by atoms with Gasteiger partial charge in [-0.25, -0.2) is 4.79 Å². The number of carbonyl (C=O) groups is 1. The first-order valence-electron chi connectivity index (χ1n) is 8.68. The highest BCUT2D eigenvalue weighted by Gasteiger charge is 2.20. The van der Waals surface area contributed by atoms with E-state index in [1.54, 1.807) is 0 Å². The maximum absolute atomic E-state index is 11.6. The average molecular weight is 337 g/mol. The molecule has 3 heteroatoms. The molecule has 3 nitrogen and oxygen atoms in total. The molecule has 0 saturated carbocycles. The molecule has 0 radical (unpaired) electrons. The Morgan fingerprint density at radius 1 is 0.960 bits per heavy atom. The number of hydrogen-bond acceptors (Lipinski definition) is 3. The summed E-state index contributed by atoms with van der Waals surface area (Å²) in [5.74, 6) is 0.0540. The van der Waals surface area contributed by atoms with Crippen LogP contribution in [0.15, 0.2) is 72.8 Å². The highest BCUT2D eigenvalue weighted by Crippen LogP contribution is 2.19. The molecule has 0 bridgehead atoms. The second kappa shape index (κ2) is 9.80. The quantitative estimate of drug-likeness (QED) is 0.527. The third-order valence-corrected chi connectivity index (χ3v) is 4.19. The molecule has 0 spiro atoms. The Kier molecular flexibility index (Phi) is 7.42. The lowest BCUT2D eigenvalue weighted by molar-refractivity contribution is -0.134. The van der Waals surface area contributed by atoms with Crippen LogP contribution in [0.25, 0.3) is 0 Å².